The van der Waals surface area contributed by atoms with E-state index in [2.05, 4.69) is 20.2 Å². The molecule has 2 aliphatic carbocycles. The van der Waals surface area contributed by atoms with Crippen molar-refractivity contribution in [1.29, 1.82) is 0 Å². The van der Waals surface area contributed by atoms with E-state index >= 15 is 0 Å². The summed E-state index contributed by atoms with van der Waals surface area (Å²) in [7, 11) is 1.85. The molecule has 1 fully saturated rings. The van der Waals surface area contributed by atoms with Crippen molar-refractivity contribution in [2.45, 2.75) is 44.2 Å². The van der Waals surface area contributed by atoms with Crippen molar-refractivity contribution in [1.82, 2.24) is 19.9 Å². The lowest BCUT2D eigenvalue weighted by atomic mass is 9.88. The van der Waals surface area contributed by atoms with Crippen LogP contribution < -0.4 is 0 Å². The third-order valence-electron chi connectivity index (χ3n) is 5.64. The zero-order valence-electron chi connectivity index (χ0n) is 14.4. The summed E-state index contributed by atoms with van der Waals surface area (Å²) in [6.45, 7) is 0.861. The molecule has 1 atom stereocenters. The predicted molar refractivity (Wildman–Crippen MR) is 95.7 cm³/mol. The molecule has 2 aromatic rings. The fourth-order valence-corrected chi connectivity index (χ4v) is 4.24. The highest BCUT2D eigenvalue weighted by Gasteiger charge is 2.40. The van der Waals surface area contributed by atoms with Gasteiger partial charge in [-0.3, -0.25) is 9.79 Å². The van der Waals surface area contributed by atoms with Gasteiger partial charge in [-0.25, -0.2) is 4.68 Å². The molecule has 0 saturated heterocycles. The summed E-state index contributed by atoms with van der Waals surface area (Å²) in [6.07, 6.45) is 7.30. The third-order valence-corrected chi connectivity index (χ3v) is 5.64. The van der Waals surface area contributed by atoms with Crippen molar-refractivity contribution in [2.75, 3.05) is 6.54 Å². The molecule has 1 amide bonds. The first-order chi connectivity index (χ1) is 12.2. The van der Waals surface area contributed by atoms with Gasteiger partial charge in [-0.05, 0) is 55.4 Å². The molecule has 1 unspecified atom stereocenters. The van der Waals surface area contributed by atoms with Gasteiger partial charge in [0.05, 0.1) is 12.1 Å². The average molecular weight is 335 g/mol. The highest BCUT2D eigenvalue weighted by molar-refractivity contribution is 6.05. The van der Waals surface area contributed by atoms with Crippen LogP contribution >= 0.6 is 0 Å². The van der Waals surface area contributed by atoms with Crippen LogP contribution in [0.2, 0.25) is 0 Å². The number of amides is 1. The minimum absolute atomic E-state index is 0.127. The van der Waals surface area contributed by atoms with Crippen LogP contribution in [-0.2, 0) is 7.05 Å². The van der Waals surface area contributed by atoms with E-state index < -0.39 is 0 Å². The van der Waals surface area contributed by atoms with Gasteiger partial charge in [0.1, 0.15) is 11.0 Å². The van der Waals surface area contributed by atoms with E-state index in [1.807, 2.05) is 31.5 Å². The summed E-state index contributed by atoms with van der Waals surface area (Å²) < 4.78 is 1.71. The fourth-order valence-electron chi connectivity index (χ4n) is 4.24. The van der Waals surface area contributed by atoms with Crippen molar-refractivity contribution in [3.05, 3.63) is 34.9 Å². The number of hydrogen-bond donors (Lipinski definition) is 0. The van der Waals surface area contributed by atoms with Gasteiger partial charge >= 0.3 is 0 Å². The van der Waals surface area contributed by atoms with Gasteiger partial charge in [0.25, 0.3) is 5.91 Å². The molecular weight excluding hydrogens is 314 g/mol. The van der Waals surface area contributed by atoms with Crippen LogP contribution in [0.3, 0.4) is 0 Å². The molecule has 2 heterocycles. The lowest BCUT2D eigenvalue weighted by Gasteiger charge is -2.35. The second-order valence-corrected chi connectivity index (χ2v) is 7.33. The Morgan fingerprint density at radius 1 is 1.24 bits per heavy atom. The van der Waals surface area contributed by atoms with E-state index in [0.29, 0.717) is 6.04 Å². The molecule has 1 aromatic heterocycles. The number of aryl methyl sites for hydroxylation is 1. The number of carbonyl (C=O) groups is 1. The largest absolute Gasteiger partial charge is 0.332 e. The molecule has 6 nitrogen and oxygen atoms in total. The average Bonchev–Trinajstić information content (AvgIpc) is 3.21. The zero-order chi connectivity index (χ0) is 17.0. The van der Waals surface area contributed by atoms with Crippen molar-refractivity contribution in [3.63, 3.8) is 0 Å². The monoisotopic (exact) mass is 335 g/mol. The highest BCUT2D eigenvalue weighted by atomic mass is 16.2. The summed E-state index contributed by atoms with van der Waals surface area (Å²) >= 11 is 0. The second kappa shape index (κ2) is 5.51. The van der Waals surface area contributed by atoms with E-state index in [0.717, 1.165) is 55.2 Å². The number of rotatable bonds is 3. The topological polar surface area (TPSA) is 63.4 Å². The standard InChI is InChI=1S/C19H21N5O/c1-23-18-16(3-2-4-17(18)21-22-23)19(25)24(14-7-8-14)15-6-5-12-10-20-11-13(12)9-15/h2-4,11,14-15H,5-10H2,1H3. The van der Waals surface area contributed by atoms with Crippen LogP contribution in [0.5, 0.6) is 0 Å². The molecule has 3 aliphatic rings. The highest BCUT2D eigenvalue weighted by Crippen LogP contribution is 2.38. The van der Waals surface area contributed by atoms with E-state index in [-0.39, 0.29) is 11.9 Å². The quantitative estimate of drug-likeness (QED) is 0.866. The molecular formula is C19H21N5O. The molecule has 0 bridgehead atoms. The van der Waals surface area contributed by atoms with Gasteiger partial charge in [0.15, 0.2) is 0 Å². The van der Waals surface area contributed by atoms with E-state index in [1.165, 1.54) is 11.1 Å². The summed E-state index contributed by atoms with van der Waals surface area (Å²) in [5.74, 6) is 0.127. The number of nitrogens with zero attached hydrogens (tertiary/aromatic N) is 5. The molecule has 0 radical (unpaired) electrons. The van der Waals surface area contributed by atoms with Crippen molar-refractivity contribution in [2.24, 2.45) is 12.0 Å². The second-order valence-electron chi connectivity index (χ2n) is 7.33. The first kappa shape index (κ1) is 14.8. The molecule has 6 heteroatoms. The Hall–Kier alpha value is -2.50. The number of benzene rings is 1. The van der Waals surface area contributed by atoms with Crippen LogP contribution in [0.25, 0.3) is 11.0 Å². The summed E-state index contributed by atoms with van der Waals surface area (Å²) in [6, 6.07) is 6.39. The maximum absolute atomic E-state index is 13.5. The van der Waals surface area contributed by atoms with Gasteiger partial charge in [-0.2, -0.15) is 0 Å². The molecule has 1 aromatic carbocycles. The van der Waals surface area contributed by atoms with Crippen LogP contribution in [-0.4, -0.2) is 50.6 Å². The predicted octanol–water partition coefficient (Wildman–Crippen LogP) is 2.51. The fraction of sp³-hybridized carbons (Fsp3) is 0.474. The molecule has 25 heavy (non-hydrogen) atoms. The first-order valence-electron chi connectivity index (χ1n) is 9.04. The zero-order valence-corrected chi connectivity index (χ0v) is 14.4. The summed E-state index contributed by atoms with van der Waals surface area (Å²) in [4.78, 5) is 20.0. The number of hydrogen-bond acceptors (Lipinski definition) is 4. The van der Waals surface area contributed by atoms with Gasteiger partial charge < -0.3 is 4.90 Å². The summed E-state index contributed by atoms with van der Waals surface area (Å²) in [5.41, 5.74) is 5.15. The Bertz CT molecular complexity index is 921. The van der Waals surface area contributed by atoms with E-state index in [1.54, 1.807) is 4.68 Å². The van der Waals surface area contributed by atoms with Crippen molar-refractivity contribution < 1.29 is 4.79 Å². The third kappa shape index (κ3) is 2.39. The molecule has 0 N–H and O–H groups in total. The van der Waals surface area contributed by atoms with Crippen LogP contribution in [0.15, 0.2) is 34.3 Å². The SMILES string of the molecule is Cn1nnc2cccc(C(=O)N(C3CC3)C3CCC4=C(C=NC4)C3)c21. The molecule has 1 saturated carbocycles. The molecule has 5 rings (SSSR count). The van der Waals surface area contributed by atoms with Crippen LogP contribution in [0.4, 0.5) is 0 Å². The lowest BCUT2D eigenvalue weighted by molar-refractivity contribution is 0.0647. The van der Waals surface area contributed by atoms with Crippen molar-refractivity contribution in [3.8, 4) is 0 Å². The van der Waals surface area contributed by atoms with E-state index in [9.17, 15) is 4.79 Å². The minimum Gasteiger partial charge on any atom is -0.332 e. The Morgan fingerprint density at radius 3 is 2.96 bits per heavy atom. The normalized spacial score (nSPS) is 22.5. The molecule has 128 valence electrons. The Morgan fingerprint density at radius 2 is 2.12 bits per heavy atom. The Labute approximate surface area is 146 Å². The van der Waals surface area contributed by atoms with E-state index in [4.69, 9.17) is 0 Å². The van der Waals surface area contributed by atoms with Gasteiger partial charge in [-0.1, -0.05) is 11.3 Å². The molecule has 1 aliphatic heterocycles. The number of carbonyl (C=O) groups excluding carboxylic acids is 1. The number of aromatic nitrogens is 3. The lowest BCUT2D eigenvalue weighted by Crippen LogP contribution is -2.43. The smallest absolute Gasteiger partial charge is 0.256 e. The van der Waals surface area contributed by atoms with Gasteiger partial charge in [0.2, 0.25) is 0 Å². The maximum atomic E-state index is 13.5. The maximum Gasteiger partial charge on any atom is 0.256 e. The summed E-state index contributed by atoms with van der Waals surface area (Å²) in [5, 5.41) is 8.24. The minimum atomic E-state index is 0.127. The Kier molecular flexibility index (Phi) is 3.26. The Balaban J connectivity index is 1.51. The van der Waals surface area contributed by atoms with Gasteiger partial charge in [-0.15, -0.1) is 5.10 Å². The van der Waals surface area contributed by atoms with Crippen molar-refractivity contribution >= 4 is 23.2 Å². The number of para-hydroxylation sites is 1. The van der Waals surface area contributed by atoms with Gasteiger partial charge in [0, 0.05) is 25.3 Å². The molecule has 0 spiro atoms. The van der Waals surface area contributed by atoms with Crippen LogP contribution in [0.1, 0.15) is 42.5 Å². The first-order valence-corrected chi connectivity index (χ1v) is 9.04. The van der Waals surface area contributed by atoms with Crippen LogP contribution in [0, 0.1) is 0 Å². The number of fused-ring (bicyclic) bond motifs is 1. The number of aliphatic imine (C=N–C) groups is 1.